The molecule has 0 unspecified atom stereocenters. The second kappa shape index (κ2) is 9.79. The SMILES string of the molecule is Nc1ncnc2c1c(-c1ccc(Oc3ccccc3)cc1)cn2C1CCC(N2CCS(=O)(=O)CC2)CC1. The monoisotopic (exact) mass is 517 g/mol. The lowest BCUT2D eigenvalue weighted by molar-refractivity contribution is 0.149. The fourth-order valence-electron chi connectivity index (χ4n) is 5.73. The molecule has 1 saturated heterocycles. The number of ether oxygens (including phenoxy) is 1. The summed E-state index contributed by atoms with van der Waals surface area (Å²) >= 11 is 0. The predicted molar refractivity (Wildman–Crippen MR) is 145 cm³/mol. The van der Waals surface area contributed by atoms with E-state index in [0.717, 1.165) is 59.3 Å². The minimum atomic E-state index is -2.86. The van der Waals surface area contributed by atoms with Crippen molar-refractivity contribution in [1.29, 1.82) is 0 Å². The third-order valence-corrected chi connectivity index (χ3v) is 9.35. The quantitative estimate of drug-likeness (QED) is 0.410. The maximum absolute atomic E-state index is 11.8. The van der Waals surface area contributed by atoms with Crippen LogP contribution in [0.1, 0.15) is 31.7 Å². The van der Waals surface area contributed by atoms with Gasteiger partial charge in [-0.25, -0.2) is 18.4 Å². The molecular formula is C28H31N5O3S. The van der Waals surface area contributed by atoms with Crippen LogP contribution in [0.2, 0.25) is 0 Å². The van der Waals surface area contributed by atoms with Crippen LogP contribution in [-0.2, 0) is 9.84 Å². The smallest absolute Gasteiger partial charge is 0.152 e. The molecule has 0 spiro atoms. The van der Waals surface area contributed by atoms with Crippen molar-refractivity contribution in [2.45, 2.75) is 37.8 Å². The van der Waals surface area contributed by atoms with Crippen LogP contribution >= 0.6 is 0 Å². The highest BCUT2D eigenvalue weighted by Gasteiger charge is 2.31. The minimum absolute atomic E-state index is 0.282. The van der Waals surface area contributed by atoms with Crippen molar-refractivity contribution in [3.05, 3.63) is 67.1 Å². The number of hydrogen-bond acceptors (Lipinski definition) is 7. The normalized spacial score (nSPS) is 22.2. The molecule has 0 atom stereocenters. The Morgan fingerprint density at radius 3 is 2.19 bits per heavy atom. The molecule has 192 valence electrons. The van der Waals surface area contributed by atoms with Gasteiger partial charge in [-0.2, -0.15) is 0 Å². The Morgan fingerprint density at radius 1 is 0.838 bits per heavy atom. The van der Waals surface area contributed by atoms with Gasteiger partial charge in [0.1, 0.15) is 29.3 Å². The van der Waals surface area contributed by atoms with E-state index in [1.807, 2.05) is 54.6 Å². The Bertz CT molecular complexity index is 1480. The summed E-state index contributed by atoms with van der Waals surface area (Å²) in [6, 6.07) is 18.5. The number of para-hydroxylation sites is 1. The highest BCUT2D eigenvalue weighted by Crippen LogP contribution is 2.39. The minimum Gasteiger partial charge on any atom is -0.457 e. The van der Waals surface area contributed by atoms with Gasteiger partial charge in [-0.15, -0.1) is 0 Å². The standard InChI is InChI=1S/C28H31N5O3S/c29-27-26-25(20-6-12-24(13-7-20)36-23-4-2-1-3-5-23)18-33(28(26)31-19-30-27)22-10-8-21(9-11-22)32-14-16-37(34,35)17-15-32/h1-7,12-13,18-19,21-22H,8-11,14-17H2,(H2,29,30,31). The summed E-state index contributed by atoms with van der Waals surface area (Å²) in [7, 11) is -2.86. The second-order valence-electron chi connectivity index (χ2n) is 10.00. The maximum Gasteiger partial charge on any atom is 0.152 e. The van der Waals surface area contributed by atoms with Crippen LogP contribution in [0, 0.1) is 0 Å². The van der Waals surface area contributed by atoms with Crippen molar-refractivity contribution in [2.75, 3.05) is 30.3 Å². The number of rotatable bonds is 5. The van der Waals surface area contributed by atoms with E-state index in [1.165, 1.54) is 6.33 Å². The van der Waals surface area contributed by atoms with E-state index in [2.05, 4.69) is 25.6 Å². The van der Waals surface area contributed by atoms with Crippen LogP contribution in [-0.4, -0.2) is 58.5 Å². The lowest BCUT2D eigenvalue weighted by Crippen LogP contribution is -2.47. The van der Waals surface area contributed by atoms with Gasteiger partial charge in [-0.1, -0.05) is 30.3 Å². The predicted octanol–water partition coefficient (Wildman–Crippen LogP) is 4.69. The van der Waals surface area contributed by atoms with Gasteiger partial charge < -0.3 is 15.0 Å². The zero-order valence-corrected chi connectivity index (χ0v) is 21.5. The van der Waals surface area contributed by atoms with Crippen LogP contribution < -0.4 is 10.5 Å². The molecule has 8 nitrogen and oxygen atoms in total. The lowest BCUT2D eigenvalue weighted by Gasteiger charge is -2.39. The number of nitrogen functional groups attached to an aromatic ring is 1. The first-order valence-corrected chi connectivity index (χ1v) is 14.7. The van der Waals surface area contributed by atoms with E-state index in [1.54, 1.807) is 0 Å². The van der Waals surface area contributed by atoms with Crippen molar-refractivity contribution in [2.24, 2.45) is 0 Å². The average Bonchev–Trinajstić information content (AvgIpc) is 3.31. The van der Waals surface area contributed by atoms with E-state index >= 15 is 0 Å². The molecule has 0 amide bonds. The van der Waals surface area contributed by atoms with Gasteiger partial charge in [0.2, 0.25) is 0 Å². The number of nitrogens with two attached hydrogens (primary N) is 1. The summed E-state index contributed by atoms with van der Waals surface area (Å²) < 4.78 is 31.9. The zero-order chi connectivity index (χ0) is 25.4. The Hall–Kier alpha value is -3.43. The number of fused-ring (bicyclic) bond motifs is 1. The van der Waals surface area contributed by atoms with Crippen molar-refractivity contribution < 1.29 is 13.2 Å². The molecule has 2 fully saturated rings. The van der Waals surface area contributed by atoms with Gasteiger partial charge >= 0.3 is 0 Å². The summed E-state index contributed by atoms with van der Waals surface area (Å²) in [6.45, 7) is 1.31. The molecule has 3 heterocycles. The number of sulfone groups is 1. The van der Waals surface area contributed by atoms with Crippen LogP contribution in [0.25, 0.3) is 22.2 Å². The van der Waals surface area contributed by atoms with E-state index in [4.69, 9.17) is 10.5 Å². The van der Waals surface area contributed by atoms with Crippen LogP contribution in [0.3, 0.4) is 0 Å². The Morgan fingerprint density at radius 2 is 1.49 bits per heavy atom. The Labute approximate surface area is 217 Å². The highest BCUT2D eigenvalue weighted by molar-refractivity contribution is 7.91. The van der Waals surface area contributed by atoms with E-state index < -0.39 is 9.84 Å². The Kier molecular flexibility index (Phi) is 6.34. The topological polar surface area (TPSA) is 103 Å². The summed E-state index contributed by atoms with van der Waals surface area (Å²) in [5, 5.41) is 0.877. The molecule has 2 aromatic heterocycles. The fourth-order valence-corrected chi connectivity index (χ4v) is 6.96. The number of aromatic nitrogens is 3. The zero-order valence-electron chi connectivity index (χ0n) is 20.7. The molecule has 1 saturated carbocycles. The molecule has 2 N–H and O–H groups in total. The maximum atomic E-state index is 11.8. The van der Waals surface area contributed by atoms with Gasteiger partial charge in [0.05, 0.1) is 16.9 Å². The van der Waals surface area contributed by atoms with Gasteiger partial charge in [-0.3, -0.25) is 4.90 Å². The van der Waals surface area contributed by atoms with Gasteiger partial charge in [0.25, 0.3) is 0 Å². The largest absolute Gasteiger partial charge is 0.457 e. The molecule has 1 aliphatic carbocycles. The molecule has 2 aliphatic rings. The van der Waals surface area contributed by atoms with Gasteiger partial charge in [-0.05, 0) is 55.5 Å². The van der Waals surface area contributed by atoms with Crippen LogP contribution in [0.15, 0.2) is 67.1 Å². The highest BCUT2D eigenvalue weighted by atomic mass is 32.2. The van der Waals surface area contributed by atoms with E-state index in [9.17, 15) is 8.42 Å². The molecule has 0 radical (unpaired) electrons. The van der Waals surface area contributed by atoms with Gasteiger partial charge in [0.15, 0.2) is 9.84 Å². The number of benzene rings is 2. The number of anilines is 1. The van der Waals surface area contributed by atoms with Crippen LogP contribution in [0.5, 0.6) is 11.5 Å². The molecular weight excluding hydrogens is 486 g/mol. The average molecular weight is 518 g/mol. The van der Waals surface area contributed by atoms with E-state index in [0.29, 0.717) is 31.0 Å². The van der Waals surface area contributed by atoms with Crippen molar-refractivity contribution in [3.8, 4) is 22.6 Å². The van der Waals surface area contributed by atoms with E-state index in [-0.39, 0.29) is 11.5 Å². The molecule has 37 heavy (non-hydrogen) atoms. The van der Waals surface area contributed by atoms with Crippen LogP contribution in [0.4, 0.5) is 5.82 Å². The first-order valence-electron chi connectivity index (χ1n) is 12.9. The third-order valence-electron chi connectivity index (χ3n) is 7.74. The van der Waals surface area contributed by atoms with Crippen molar-refractivity contribution >= 4 is 26.7 Å². The van der Waals surface area contributed by atoms with Gasteiger partial charge in [0, 0.05) is 36.9 Å². The number of nitrogens with zero attached hydrogens (tertiary/aromatic N) is 4. The summed E-state index contributed by atoms with van der Waals surface area (Å²) in [6.07, 6.45) is 7.84. The molecule has 4 aromatic rings. The molecule has 1 aliphatic heterocycles. The van der Waals surface area contributed by atoms with Crippen molar-refractivity contribution in [1.82, 2.24) is 19.4 Å². The molecule has 2 aromatic carbocycles. The van der Waals surface area contributed by atoms with Crippen molar-refractivity contribution in [3.63, 3.8) is 0 Å². The molecule has 9 heteroatoms. The molecule has 0 bridgehead atoms. The molecule has 6 rings (SSSR count). The first kappa shape index (κ1) is 23.9. The second-order valence-corrected chi connectivity index (χ2v) is 12.3. The summed E-state index contributed by atoms with van der Waals surface area (Å²) in [4.78, 5) is 11.3. The fraction of sp³-hybridized carbons (Fsp3) is 0.357. The summed E-state index contributed by atoms with van der Waals surface area (Å²) in [5.74, 6) is 2.61. The lowest BCUT2D eigenvalue weighted by atomic mass is 9.90. The number of hydrogen-bond donors (Lipinski definition) is 1. The third kappa shape index (κ3) is 4.93. The first-order chi connectivity index (χ1) is 18.0. The summed E-state index contributed by atoms with van der Waals surface area (Å²) in [5.41, 5.74) is 9.28. The Balaban J connectivity index is 1.23.